The standard InChI is InChI=1S/C19H19Cl2N5S/c1-24(11-14-4-2-6-16(20)17(14)21)12-25-19(27)26(15-7-8-15)18(23-25)13-5-3-9-22-10-13/h2-6,9-10,15H,7-8,11-12H2,1H3. The van der Waals surface area contributed by atoms with Crippen molar-refractivity contribution >= 4 is 35.4 Å². The van der Waals surface area contributed by atoms with E-state index in [-0.39, 0.29) is 0 Å². The van der Waals surface area contributed by atoms with E-state index in [4.69, 9.17) is 40.5 Å². The first-order valence-electron chi connectivity index (χ1n) is 8.76. The van der Waals surface area contributed by atoms with Crippen molar-refractivity contribution in [1.82, 2.24) is 24.2 Å². The van der Waals surface area contributed by atoms with Crippen molar-refractivity contribution in [2.75, 3.05) is 7.05 Å². The van der Waals surface area contributed by atoms with Gasteiger partial charge in [0.15, 0.2) is 10.6 Å². The van der Waals surface area contributed by atoms with E-state index in [2.05, 4.69) is 14.5 Å². The summed E-state index contributed by atoms with van der Waals surface area (Å²) in [5.41, 5.74) is 1.96. The Labute approximate surface area is 173 Å². The maximum atomic E-state index is 6.32. The summed E-state index contributed by atoms with van der Waals surface area (Å²) in [6, 6.07) is 10.1. The third-order valence-corrected chi connectivity index (χ3v) is 5.81. The summed E-state index contributed by atoms with van der Waals surface area (Å²) < 4.78 is 4.77. The van der Waals surface area contributed by atoms with Gasteiger partial charge in [0.25, 0.3) is 0 Å². The van der Waals surface area contributed by atoms with Crippen molar-refractivity contribution in [3.63, 3.8) is 0 Å². The van der Waals surface area contributed by atoms with E-state index in [9.17, 15) is 0 Å². The maximum absolute atomic E-state index is 6.32. The molecular formula is C19H19Cl2N5S. The summed E-state index contributed by atoms with van der Waals surface area (Å²) in [6.45, 7) is 1.22. The Morgan fingerprint density at radius 1 is 1.22 bits per heavy atom. The Balaban J connectivity index is 1.61. The number of pyridine rings is 1. The van der Waals surface area contributed by atoms with Crippen LogP contribution in [0.5, 0.6) is 0 Å². The molecule has 0 amide bonds. The van der Waals surface area contributed by atoms with Gasteiger partial charge in [0, 0.05) is 30.5 Å². The van der Waals surface area contributed by atoms with Crippen molar-refractivity contribution < 1.29 is 0 Å². The van der Waals surface area contributed by atoms with Gasteiger partial charge in [-0.05, 0) is 55.9 Å². The van der Waals surface area contributed by atoms with Crippen LogP contribution in [0.4, 0.5) is 0 Å². The molecule has 0 radical (unpaired) electrons. The van der Waals surface area contributed by atoms with E-state index in [1.54, 1.807) is 12.3 Å². The first-order valence-corrected chi connectivity index (χ1v) is 9.92. The molecule has 0 spiro atoms. The topological polar surface area (TPSA) is 38.9 Å². The fraction of sp³-hybridized carbons (Fsp3) is 0.316. The number of hydrogen-bond donors (Lipinski definition) is 0. The number of aromatic nitrogens is 4. The third-order valence-electron chi connectivity index (χ3n) is 4.55. The zero-order valence-corrected chi connectivity index (χ0v) is 17.2. The average Bonchev–Trinajstić information content (AvgIpc) is 3.45. The molecule has 0 aliphatic heterocycles. The first-order chi connectivity index (χ1) is 13.0. The lowest BCUT2D eigenvalue weighted by Gasteiger charge is -2.17. The molecule has 4 rings (SSSR count). The maximum Gasteiger partial charge on any atom is 0.199 e. The molecule has 1 saturated carbocycles. The highest BCUT2D eigenvalue weighted by Gasteiger charge is 2.29. The van der Waals surface area contributed by atoms with Crippen molar-refractivity contribution in [2.24, 2.45) is 0 Å². The largest absolute Gasteiger partial charge is 0.297 e. The fourth-order valence-corrected chi connectivity index (χ4v) is 3.82. The minimum Gasteiger partial charge on any atom is -0.297 e. The van der Waals surface area contributed by atoms with Gasteiger partial charge in [-0.15, -0.1) is 0 Å². The van der Waals surface area contributed by atoms with E-state index in [0.717, 1.165) is 34.6 Å². The summed E-state index contributed by atoms with van der Waals surface area (Å²) in [7, 11) is 2.01. The van der Waals surface area contributed by atoms with Crippen LogP contribution in [0.25, 0.3) is 11.4 Å². The van der Waals surface area contributed by atoms with E-state index >= 15 is 0 Å². The Morgan fingerprint density at radius 2 is 2.04 bits per heavy atom. The van der Waals surface area contributed by atoms with Gasteiger partial charge in [-0.3, -0.25) is 14.5 Å². The molecule has 140 valence electrons. The highest BCUT2D eigenvalue weighted by Crippen LogP contribution is 2.38. The molecule has 0 N–H and O–H groups in total. The molecule has 0 saturated heterocycles. The summed E-state index contributed by atoms with van der Waals surface area (Å²) >= 11 is 18.2. The average molecular weight is 420 g/mol. The second-order valence-corrected chi connectivity index (χ2v) is 7.97. The quantitative estimate of drug-likeness (QED) is 0.514. The van der Waals surface area contributed by atoms with Crippen LogP contribution in [0.15, 0.2) is 42.7 Å². The Kier molecular flexibility index (Phi) is 5.32. The number of halogens is 2. The van der Waals surface area contributed by atoms with Crippen LogP contribution in [-0.4, -0.2) is 31.3 Å². The van der Waals surface area contributed by atoms with Crippen LogP contribution < -0.4 is 0 Å². The van der Waals surface area contributed by atoms with Crippen LogP contribution in [0.2, 0.25) is 10.0 Å². The molecule has 27 heavy (non-hydrogen) atoms. The van der Waals surface area contributed by atoms with E-state index in [0.29, 0.717) is 29.3 Å². The summed E-state index contributed by atoms with van der Waals surface area (Å²) in [5, 5.41) is 5.96. The van der Waals surface area contributed by atoms with Crippen LogP contribution in [-0.2, 0) is 13.2 Å². The lowest BCUT2D eigenvalue weighted by Crippen LogP contribution is -2.22. The van der Waals surface area contributed by atoms with Crippen LogP contribution in [0.1, 0.15) is 24.4 Å². The second-order valence-electron chi connectivity index (χ2n) is 6.82. The normalized spacial score (nSPS) is 14.1. The SMILES string of the molecule is CN(Cc1cccc(Cl)c1Cl)Cn1nc(-c2cccnc2)n(C2CC2)c1=S. The highest BCUT2D eigenvalue weighted by atomic mass is 35.5. The second kappa shape index (κ2) is 7.72. The van der Waals surface area contributed by atoms with Crippen LogP contribution in [0.3, 0.4) is 0 Å². The van der Waals surface area contributed by atoms with Gasteiger partial charge >= 0.3 is 0 Å². The number of nitrogens with zero attached hydrogens (tertiary/aromatic N) is 5. The minimum atomic E-state index is 0.439. The summed E-state index contributed by atoms with van der Waals surface area (Å²) in [6.07, 6.45) is 5.87. The van der Waals surface area contributed by atoms with Gasteiger partial charge in [0.1, 0.15) is 0 Å². The predicted molar refractivity (Wildman–Crippen MR) is 110 cm³/mol. The molecule has 1 aromatic carbocycles. The van der Waals surface area contributed by atoms with Gasteiger partial charge in [-0.2, -0.15) is 5.10 Å². The smallest absolute Gasteiger partial charge is 0.199 e. The molecule has 1 aliphatic carbocycles. The zero-order chi connectivity index (χ0) is 19.0. The monoisotopic (exact) mass is 419 g/mol. The predicted octanol–water partition coefficient (Wildman–Crippen LogP) is 5.21. The van der Waals surface area contributed by atoms with Crippen LogP contribution in [0, 0.1) is 4.77 Å². The van der Waals surface area contributed by atoms with Crippen molar-refractivity contribution in [3.8, 4) is 11.4 Å². The van der Waals surface area contributed by atoms with Gasteiger partial charge in [0.05, 0.1) is 16.7 Å². The molecular weight excluding hydrogens is 401 g/mol. The van der Waals surface area contributed by atoms with Crippen LogP contribution >= 0.6 is 35.4 Å². The van der Waals surface area contributed by atoms with E-state index < -0.39 is 0 Å². The molecule has 0 unspecified atom stereocenters. The molecule has 5 nitrogen and oxygen atoms in total. The highest BCUT2D eigenvalue weighted by molar-refractivity contribution is 7.71. The van der Waals surface area contributed by atoms with Gasteiger partial charge in [0.2, 0.25) is 0 Å². The molecule has 1 aliphatic rings. The van der Waals surface area contributed by atoms with Crippen molar-refractivity contribution in [2.45, 2.75) is 32.1 Å². The Morgan fingerprint density at radius 3 is 2.74 bits per heavy atom. The molecule has 1 fully saturated rings. The Hall–Kier alpha value is -1.73. The van der Waals surface area contributed by atoms with Gasteiger partial charge in [-0.25, -0.2) is 4.68 Å². The molecule has 0 atom stereocenters. The minimum absolute atomic E-state index is 0.439. The summed E-state index contributed by atoms with van der Waals surface area (Å²) in [5.74, 6) is 0.879. The molecule has 0 bridgehead atoms. The lowest BCUT2D eigenvalue weighted by atomic mass is 10.2. The van der Waals surface area contributed by atoms with E-state index in [1.807, 2.05) is 42.2 Å². The lowest BCUT2D eigenvalue weighted by molar-refractivity contribution is 0.244. The number of benzene rings is 1. The molecule has 8 heteroatoms. The first kappa shape index (κ1) is 18.6. The number of rotatable bonds is 6. The molecule has 3 aromatic rings. The summed E-state index contributed by atoms with van der Waals surface area (Å²) in [4.78, 5) is 6.34. The van der Waals surface area contributed by atoms with Crippen molar-refractivity contribution in [1.29, 1.82) is 0 Å². The van der Waals surface area contributed by atoms with Gasteiger partial charge in [-0.1, -0.05) is 35.3 Å². The third kappa shape index (κ3) is 3.94. The fourth-order valence-electron chi connectivity index (χ4n) is 3.11. The Bertz CT molecular complexity index is 1010. The zero-order valence-electron chi connectivity index (χ0n) is 14.8. The van der Waals surface area contributed by atoms with Gasteiger partial charge < -0.3 is 0 Å². The number of hydrogen-bond acceptors (Lipinski definition) is 4. The van der Waals surface area contributed by atoms with Crippen molar-refractivity contribution in [3.05, 3.63) is 63.1 Å². The van der Waals surface area contributed by atoms with E-state index in [1.165, 1.54) is 0 Å². The molecule has 2 heterocycles. The molecule has 2 aromatic heterocycles.